The summed E-state index contributed by atoms with van der Waals surface area (Å²) in [4.78, 5) is 34.3. The number of rotatable bonds is 10. The maximum absolute atomic E-state index is 14.2. The lowest BCUT2D eigenvalue weighted by molar-refractivity contribution is -0.122. The lowest BCUT2D eigenvalue weighted by Crippen LogP contribution is -2.34. The number of hydrogen-bond acceptors (Lipinski definition) is 6. The molecule has 2 fully saturated rings. The molecule has 2 aliphatic heterocycles. The van der Waals surface area contributed by atoms with Crippen molar-refractivity contribution in [2.45, 2.75) is 45.1 Å². The van der Waals surface area contributed by atoms with Gasteiger partial charge >= 0.3 is 0 Å². The number of pyridine rings is 1. The van der Waals surface area contributed by atoms with Crippen molar-refractivity contribution in [2.24, 2.45) is 17.8 Å². The Labute approximate surface area is 298 Å². The Morgan fingerprint density at radius 2 is 1.61 bits per heavy atom. The van der Waals surface area contributed by atoms with Crippen LogP contribution in [-0.2, 0) is 14.3 Å². The standard InChI is InChI=1S/C44H41N3O4/c1-2-10-30-26-36-42(44(50)47(43(36)49)33-20-18-32(19-21-33)46-31-11-4-3-5-12-31)37-27-51-40(41(30)37)23-17-29(38-15-8-9-24-45-38)25-28-16-22-39(48)35-14-7-6-13-34(28)35/h3-9,11-16,18-22,24-25,36-37,40,42,46,48H,2,10,17,23,26-27H2,1H3/b29-25-/t36-,37+,40-,42-/m1/s1. The van der Waals surface area contributed by atoms with Gasteiger partial charge < -0.3 is 15.2 Å². The van der Waals surface area contributed by atoms with Crippen LogP contribution in [0.5, 0.6) is 5.75 Å². The van der Waals surface area contributed by atoms with E-state index in [-0.39, 0.29) is 35.5 Å². The molecular formula is C44H41N3O4. The van der Waals surface area contributed by atoms with Gasteiger partial charge in [0.25, 0.3) is 0 Å². The second kappa shape index (κ2) is 14.0. The summed E-state index contributed by atoms with van der Waals surface area (Å²) in [5.74, 6) is -0.873. The third-order valence-corrected chi connectivity index (χ3v) is 10.7. The van der Waals surface area contributed by atoms with Crippen LogP contribution in [0.25, 0.3) is 22.4 Å². The van der Waals surface area contributed by atoms with E-state index in [1.54, 1.807) is 6.07 Å². The number of benzene rings is 4. The number of amides is 2. The number of para-hydroxylation sites is 1. The molecule has 7 nitrogen and oxygen atoms in total. The van der Waals surface area contributed by atoms with Crippen molar-refractivity contribution < 1.29 is 19.4 Å². The maximum atomic E-state index is 14.2. The normalized spacial score (nSPS) is 21.7. The number of anilines is 3. The van der Waals surface area contributed by atoms with Crippen LogP contribution in [0.15, 0.2) is 127 Å². The van der Waals surface area contributed by atoms with Gasteiger partial charge in [-0.15, -0.1) is 0 Å². The molecule has 1 aromatic heterocycles. The van der Waals surface area contributed by atoms with E-state index in [1.807, 2.05) is 109 Å². The Morgan fingerprint density at radius 1 is 0.863 bits per heavy atom. The molecule has 0 saturated carbocycles. The van der Waals surface area contributed by atoms with Crippen molar-refractivity contribution in [2.75, 3.05) is 16.8 Å². The molecule has 256 valence electrons. The van der Waals surface area contributed by atoms with E-state index in [0.29, 0.717) is 25.1 Å². The molecule has 4 atom stereocenters. The topological polar surface area (TPSA) is 91.8 Å². The van der Waals surface area contributed by atoms with E-state index in [0.717, 1.165) is 58.2 Å². The molecule has 0 bridgehead atoms. The number of imide groups is 1. The fourth-order valence-electron chi connectivity index (χ4n) is 8.38. The van der Waals surface area contributed by atoms with E-state index in [9.17, 15) is 14.7 Å². The molecule has 3 aliphatic rings. The maximum Gasteiger partial charge on any atom is 0.238 e. The molecule has 0 radical (unpaired) electrons. The fraction of sp³-hybridized carbons (Fsp3) is 0.250. The molecule has 2 N–H and O–H groups in total. The molecule has 8 rings (SSSR count). The molecule has 5 aromatic rings. The number of ether oxygens (including phenoxy) is 1. The van der Waals surface area contributed by atoms with E-state index in [2.05, 4.69) is 18.3 Å². The number of carbonyl (C=O) groups excluding carboxylic acids is 2. The molecular weight excluding hydrogens is 635 g/mol. The van der Waals surface area contributed by atoms with Gasteiger partial charge in [-0.3, -0.25) is 19.5 Å². The first-order valence-electron chi connectivity index (χ1n) is 18.0. The summed E-state index contributed by atoms with van der Waals surface area (Å²) in [6.45, 7) is 2.61. The zero-order valence-corrected chi connectivity index (χ0v) is 28.7. The van der Waals surface area contributed by atoms with Crippen molar-refractivity contribution in [1.82, 2.24) is 4.98 Å². The molecule has 0 unspecified atom stereocenters. The van der Waals surface area contributed by atoms with Gasteiger partial charge in [-0.25, -0.2) is 0 Å². The predicted octanol–water partition coefficient (Wildman–Crippen LogP) is 9.33. The van der Waals surface area contributed by atoms with Crippen molar-refractivity contribution in [1.29, 1.82) is 0 Å². The zero-order chi connectivity index (χ0) is 34.9. The van der Waals surface area contributed by atoms with Gasteiger partial charge in [-0.05, 0) is 108 Å². The quantitative estimate of drug-likeness (QED) is 0.113. The van der Waals surface area contributed by atoms with Crippen LogP contribution in [0.2, 0.25) is 0 Å². The summed E-state index contributed by atoms with van der Waals surface area (Å²) >= 11 is 0. The second-order valence-corrected chi connectivity index (χ2v) is 13.8. The number of phenolic OH excluding ortho intramolecular Hbond substituents is 1. The lowest BCUT2D eigenvalue weighted by Gasteiger charge is -2.32. The van der Waals surface area contributed by atoms with Crippen molar-refractivity contribution in [3.63, 3.8) is 0 Å². The minimum atomic E-state index is -0.422. The fourth-order valence-corrected chi connectivity index (χ4v) is 8.38. The molecule has 51 heavy (non-hydrogen) atoms. The molecule has 3 heterocycles. The first kappa shape index (κ1) is 32.7. The number of nitrogens with one attached hydrogen (secondary N) is 1. The number of fused-ring (bicyclic) bond motifs is 4. The zero-order valence-electron chi connectivity index (χ0n) is 28.7. The van der Waals surface area contributed by atoms with Crippen LogP contribution < -0.4 is 10.2 Å². The van der Waals surface area contributed by atoms with Crippen molar-refractivity contribution >= 4 is 51.3 Å². The molecule has 0 spiro atoms. The Balaban J connectivity index is 1.05. The highest BCUT2D eigenvalue weighted by molar-refractivity contribution is 6.22. The van der Waals surface area contributed by atoms with Gasteiger partial charge in [0.1, 0.15) is 5.75 Å². The highest BCUT2D eigenvalue weighted by atomic mass is 16.5. The number of aromatic nitrogens is 1. The van der Waals surface area contributed by atoms with Crippen LogP contribution in [-0.4, -0.2) is 34.6 Å². The van der Waals surface area contributed by atoms with Gasteiger partial charge in [-0.1, -0.05) is 73.5 Å². The number of nitrogens with zero attached hydrogens (tertiary/aromatic N) is 2. The Bertz CT molecular complexity index is 2140. The van der Waals surface area contributed by atoms with E-state index < -0.39 is 5.92 Å². The van der Waals surface area contributed by atoms with Crippen LogP contribution in [0.4, 0.5) is 17.1 Å². The molecule has 1 aliphatic carbocycles. The summed E-state index contributed by atoms with van der Waals surface area (Å²) in [7, 11) is 0. The van der Waals surface area contributed by atoms with Gasteiger partial charge in [0.05, 0.1) is 35.9 Å². The third kappa shape index (κ3) is 6.23. The number of allylic oxidation sites excluding steroid dienone is 2. The number of hydrogen-bond donors (Lipinski definition) is 2. The van der Waals surface area contributed by atoms with Crippen LogP contribution in [0, 0.1) is 17.8 Å². The Kier molecular flexibility index (Phi) is 8.97. The third-order valence-electron chi connectivity index (χ3n) is 10.7. The highest BCUT2D eigenvalue weighted by Gasteiger charge is 2.57. The van der Waals surface area contributed by atoms with Gasteiger partial charge in [0.2, 0.25) is 11.8 Å². The number of phenols is 1. The molecule has 2 saturated heterocycles. The van der Waals surface area contributed by atoms with E-state index in [1.165, 1.54) is 16.0 Å². The van der Waals surface area contributed by atoms with E-state index >= 15 is 0 Å². The van der Waals surface area contributed by atoms with E-state index in [4.69, 9.17) is 9.72 Å². The van der Waals surface area contributed by atoms with Crippen molar-refractivity contribution in [3.8, 4) is 5.75 Å². The van der Waals surface area contributed by atoms with Gasteiger partial charge in [0.15, 0.2) is 0 Å². The largest absolute Gasteiger partial charge is 0.507 e. The van der Waals surface area contributed by atoms with Gasteiger partial charge in [-0.2, -0.15) is 0 Å². The smallest absolute Gasteiger partial charge is 0.238 e. The van der Waals surface area contributed by atoms with Gasteiger partial charge in [0, 0.05) is 28.9 Å². The first-order chi connectivity index (χ1) is 25.0. The summed E-state index contributed by atoms with van der Waals surface area (Å²) in [5.41, 5.74) is 7.97. The van der Waals surface area contributed by atoms with Crippen molar-refractivity contribution in [3.05, 3.63) is 138 Å². The Morgan fingerprint density at radius 3 is 2.37 bits per heavy atom. The summed E-state index contributed by atoms with van der Waals surface area (Å²) < 4.78 is 6.58. The molecule has 4 aromatic carbocycles. The average Bonchev–Trinajstić information content (AvgIpc) is 3.70. The minimum Gasteiger partial charge on any atom is -0.507 e. The van der Waals surface area contributed by atoms with Crippen LogP contribution in [0.1, 0.15) is 50.3 Å². The SMILES string of the molecule is CCCC1=C2[C@@H](CC/C(=C/c3ccc(O)c4ccccc34)c3ccccn3)OC[C@@H]2[C@@H]2C(=O)N(c3ccc(Nc4ccccc4)cc3)C(=O)[C@@H]2C1. The lowest BCUT2D eigenvalue weighted by atomic mass is 9.68. The monoisotopic (exact) mass is 675 g/mol. The second-order valence-electron chi connectivity index (χ2n) is 13.8. The average molecular weight is 676 g/mol. The summed E-state index contributed by atoms with van der Waals surface area (Å²) in [6.07, 6.45) is 7.74. The summed E-state index contributed by atoms with van der Waals surface area (Å²) in [5, 5.41) is 15.7. The molecule has 2 amide bonds. The first-order valence-corrected chi connectivity index (χ1v) is 18.0. The van der Waals surface area contributed by atoms with Crippen LogP contribution in [0.3, 0.4) is 0 Å². The number of aromatic hydroxyl groups is 1. The minimum absolute atomic E-state index is 0.105. The predicted molar refractivity (Wildman–Crippen MR) is 202 cm³/mol. The Hall–Kier alpha value is -5.53. The summed E-state index contributed by atoms with van der Waals surface area (Å²) in [6, 6.07) is 35.0. The number of carbonyl (C=O) groups is 2. The van der Waals surface area contributed by atoms with Crippen LogP contribution >= 0.6 is 0 Å². The highest BCUT2D eigenvalue weighted by Crippen LogP contribution is 2.51. The molecule has 7 heteroatoms.